The van der Waals surface area contributed by atoms with Gasteiger partial charge in [-0.2, -0.15) is 0 Å². The average Bonchev–Trinajstić information content (AvgIpc) is 2.38. The van der Waals surface area contributed by atoms with Gasteiger partial charge in [-0.25, -0.2) is 4.98 Å². The number of carbonyl (C=O) groups is 1. The topological polar surface area (TPSA) is 56.0 Å². The predicted molar refractivity (Wildman–Crippen MR) is 40.1 cm³/mol. The van der Waals surface area contributed by atoms with Gasteiger partial charge < -0.3 is 5.73 Å². The van der Waals surface area contributed by atoms with Gasteiger partial charge in [0.05, 0.1) is 0 Å². The van der Waals surface area contributed by atoms with Crippen molar-refractivity contribution >= 4 is 17.1 Å². The number of Topliss-reactive ketones (excluding diaryl/α,β-unsaturated/α-hetero) is 1. The summed E-state index contributed by atoms with van der Waals surface area (Å²) in [5, 5.41) is 2.34. The van der Waals surface area contributed by atoms with E-state index >= 15 is 0 Å². The summed E-state index contributed by atoms with van der Waals surface area (Å²) in [6.45, 7) is 0.401. The second-order valence-corrected chi connectivity index (χ2v) is 2.69. The number of nitrogens with two attached hydrogens (primary N) is 1. The van der Waals surface area contributed by atoms with E-state index in [4.69, 9.17) is 5.73 Å². The van der Waals surface area contributed by atoms with Crippen LogP contribution in [-0.2, 0) is 0 Å². The molecule has 0 spiro atoms. The number of hydrogen-bond acceptors (Lipinski definition) is 4. The number of nitrogens with zero attached hydrogens (tertiary/aromatic N) is 1. The van der Waals surface area contributed by atoms with Crippen molar-refractivity contribution in [2.24, 2.45) is 5.73 Å². The smallest absolute Gasteiger partial charge is 0.192 e. The molecule has 1 rings (SSSR count). The summed E-state index contributed by atoms with van der Waals surface area (Å²) in [5.41, 5.74) is 5.19. The zero-order chi connectivity index (χ0) is 7.40. The number of aromatic nitrogens is 1. The lowest BCUT2D eigenvalue weighted by atomic mass is 10.3. The molecule has 0 fully saturated rings. The van der Waals surface area contributed by atoms with Crippen molar-refractivity contribution < 1.29 is 4.79 Å². The summed E-state index contributed by atoms with van der Waals surface area (Å²) in [4.78, 5) is 14.8. The van der Waals surface area contributed by atoms with Crippen LogP contribution in [0.3, 0.4) is 0 Å². The Balaban J connectivity index is 2.59. The molecule has 3 nitrogen and oxygen atoms in total. The van der Waals surface area contributed by atoms with Gasteiger partial charge in [0.2, 0.25) is 0 Å². The normalized spacial score (nSPS) is 9.70. The quantitative estimate of drug-likeness (QED) is 0.654. The highest BCUT2D eigenvalue weighted by Gasteiger charge is 2.05. The third kappa shape index (κ3) is 1.62. The Labute approximate surface area is 62.9 Å². The maximum absolute atomic E-state index is 11.0. The minimum Gasteiger partial charge on any atom is -0.330 e. The minimum atomic E-state index is 0.0394. The van der Waals surface area contributed by atoms with Gasteiger partial charge in [0.15, 0.2) is 10.8 Å². The molecule has 0 aliphatic heterocycles. The molecular weight excluding hydrogens is 148 g/mol. The van der Waals surface area contributed by atoms with E-state index in [0.717, 1.165) is 0 Å². The highest BCUT2D eigenvalue weighted by Crippen LogP contribution is 2.05. The van der Waals surface area contributed by atoms with Crippen molar-refractivity contribution in [2.45, 2.75) is 6.42 Å². The highest BCUT2D eigenvalue weighted by atomic mass is 32.1. The molecule has 0 aliphatic rings. The van der Waals surface area contributed by atoms with E-state index in [1.165, 1.54) is 11.3 Å². The fourth-order valence-electron chi connectivity index (χ4n) is 0.599. The first-order valence-electron chi connectivity index (χ1n) is 2.97. The SMILES string of the molecule is NCCC(=O)c1nccs1. The van der Waals surface area contributed by atoms with E-state index in [1.54, 1.807) is 11.6 Å². The zero-order valence-corrected chi connectivity index (χ0v) is 6.23. The molecule has 0 aliphatic carbocycles. The fourth-order valence-corrected chi connectivity index (χ4v) is 1.21. The van der Waals surface area contributed by atoms with Gasteiger partial charge in [-0.15, -0.1) is 11.3 Å². The standard InChI is InChI=1S/C6H8N2OS/c7-2-1-5(9)6-8-3-4-10-6/h3-4H,1-2,7H2. The lowest BCUT2D eigenvalue weighted by molar-refractivity contribution is 0.0985. The first-order valence-corrected chi connectivity index (χ1v) is 3.85. The lowest BCUT2D eigenvalue weighted by Crippen LogP contribution is -2.07. The van der Waals surface area contributed by atoms with E-state index < -0.39 is 0 Å². The van der Waals surface area contributed by atoms with Crippen LogP contribution >= 0.6 is 11.3 Å². The summed E-state index contributed by atoms with van der Waals surface area (Å²) in [6.07, 6.45) is 2.02. The second-order valence-electron chi connectivity index (χ2n) is 1.80. The molecule has 1 aromatic rings. The molecule has 0 radical (unpaired) electrons. The van der Waals surface area contributed by atoms with Gasteiger partial charge in [0, 0.05) is 18.0 Å². The summed E-state index contributed by atoms with van der Waals surface area (Å²) in [7, 11) is 0. The van der Waals surface area contributed by atoms with Crippen molar-refractivity contribution in [3.05, 3.63) is 16.6 Å². The van der Waals surface area contributed by atoms with Gasteiger partial charge in [0.25, 0.3) is 0 Å². The third-order valence-corrected chi connectivity index (χ3v) is 1.86. The Morgan fingerprint density at radius 1 is 1.80 bits per heavy atom. The molecule has 0 atom stereocenters. The van der Waals surface area contributed by atoms with Crippen molar-refractivity contribution in [3.8, 4) is 0 Å². The van der Waals surface area contributed by atoms with Crippen LogP contribution in [-0.4, -0.2) is 17.3 Å². The van der Waals surface area contributed by atoms with Crippen LogP contribution in [0.1, 0.15) is 16.2 Å². The molecule has 2 N–H and O–H groups in total. The van der Waals surface area contributed by atoms with E-state index in [1.807, 2.05) is 0 Å². The molecule has 0 saturated carbocycles. The predicted octanol–water partition coefficient (Wildman–Crippen LogP) is 0.675. The van der Waals surface area contributed by atoms with Crippen LogP contribution in [0.15, 0.2) is 11.6 Å². The molecule has 0 saturated heterocycles. The van der Waals surface area contributed by atoms with Gasteiger partial charge in [-0.1, -0.05) is 0 Å². The van der Waals surface area contributed by atoms with Gasteiger partial charge in [-0.3, -0.25) is 4.79 Å². The van der Waals surface area contributed by atoms with Crippen LogP contribution in [0.2, 0.25) is 0 Å². The van der Waals surface area contributed by atoms with Crippen molar-refractivity contribution in [2.75, 3.05) is 6.54 Å². The van der Waals surface area contributed by atoms with E-state index in [-0.39, 0.29) is 5.78 Å². The summed E-state index contributed by atoms with van der Waals surface area (Å²) in [5.74, 6) is 0.0394. The van der Waals surface area contributed by atoms with Crippen LogP contribution in [0.4, 0.5) is 0 Å². The molecule has 0 amide bonds. The van der Waals surface area contributed by atoms with Crippen LogP contribution in [0.25, 0.3) is 0 Å². The Hall–Kier alpha value is -0.740. The number of carbonyl (C=O) groups excluding carboxylic acids is 1. The average molecular weight is 156 g/mol. The van der Waals surface area contributed by atoms with E-state index in [2.05, 4.69) is 4.98 Å². The molecule has 4 heteroatoms. The lowest BCUT2D eigenvalue weighted by Gasteiger charge is -1.89. The van der Waals surface area contributed by atoms with Crippen LogP contribution < -0.4 is 5.73 Å². The molecule has 1 heterocycles. The molecule has 0 bridgehead atoms. The largest absolute Gasteiger partial charge is 0.330 e. The fraction of sp³-hybridized carbons (Fsp3) is 0.333. The van der Waals surface area contributed by atoms with Crippen molar-refractivity contribution in [3.63, 3.8) is 0 Å². The monoisotopic (exact) mass is 156 g/mol. The Kier molecular flexibility index (Phi) is 2.53. The maximum atomic E-state index is 11.0. The van der Waals surface area contributed by atoms with Crippen molar-refractivity contribution in [1.82, 2.24) is 4.98 Å². The maximum Gasteiger partial charge on any atom is 0.192 e. The van der Waals surface area contributed by atoms with Gasteiger partial charge in [-0.05, 0) is 6.54 Å². The molecule has 54 valence electrons. The summed E-state index contributed by atoms with van der Waals surface area (Å²) < 4.78 is 0. The number of rotatable bonds is 3. The molecule has 10 heavy (non-hydrogen) atoms. The molecule has 1 aromatic heterocycles. The van der Waals surface area contributed by atoms with Gasteiger partial charge in [0.1, 0.15) is 0 Å². The van der Waals surface area contributed by atoms with Crippen molar-refractivity contribution in [1.29, 1.82) is 0 Å². The minimum absolute atomic E-state index is 0.0394. The van der Waals surface area contributed by atoms with E-state index in [0.29, 0.717) is 18.0 Å². The Morgan fingerprint density at radius 3 is 3.10 bits per heavy atom. The first-order chi connectivity index (χ1) is 4.84. The number of hydrogen-bond donors (Lipinski definition) is 1. The van der Waals surface area contributed by atoms with Gasteiger partial charge >= 0.3 is 0 Å². The third-order valence-electron chi connectivity index (χ3n) is 1.04. The zero-order valence-electron chi connectivity index (χ0n) is 5.41. The Bertz CT molecular complexity index is 208. The highest BCUT2D eigenvalue weighted by molar-refractivity contribution is 7.11. The second kappa shape index (κ2) is 3.43. The number of thiazole rings is 1. The van der Waals surface area contributed by atoms with Crippen LogP contribution in [0, 0.1) is 0 Å². The Morgan fingerprint density at radius 2 is 2.60 bits per heavy atom. The molecule has 0 aromatic carbocycles. The number of ketones is 1. The summed E-state index contributed by atoms with van der Waals surface area (Å²) in [6, 6.07) is 0. The molecular formula is C6H8N2OS. The first kappa shape index (κ1) is 7.37. The summed E-state index contributed by atoms with van der Waals surface area (Å²) >= 11 is 1.35. The van der Waals surface area contributed by atoms with Crippen LogP contribution in [0.5, 0.6) is 0 Å². The molecule has 0 unspecified atom stereocenters. The van der Waals surface area contributed by atoms with E-state index in [9.17, 15) is 4.79 Å².